The topological polar surface area (TPSA) is 212 Å². The van der Waals surface area contributed by atoms with Crippen LogP contribution in [0.4, 0.5) is 23.0 Å². The van der Waals surface area contributed by atoms with E-state index in [-0.39, 0.29) is 60.2 Å². The number of ether oxygens (including phenoxy) is 2. The number of likely N-dealkylation sites (N-methyl/N-ethyl adjacent to an activating group) is 1. The standard InChI is InChI=1S/C41H48N8O9/c1-23-39(54)47(2)28-15-17-32(45-36(28)48(23)25-9-4-5-10-25)44-27-14-13-24(21-31(27)57-3)37(52)43-20-7-6-19-42-34(51)22-58-30-12-8-11-26-35(30)41(56)49(40(26)55)29-16-18-33(50)46-38(29)53/h8,11-15,17,21,23,25,29,41,56H,4-7,9-10,16,18-20,22H2,1-3H3,(H,42,51)(H,43,52)(H,44,45)(H,46,50,53)/t23-,29?,41?/m1/s1. The third-order valence-electron chi connectivity index (χ3n) is 11.2. The van der Waals surface area contributed by atoms with Crippen molar-refractivity contribution in [2.75, 3.05) is 49.0 Å². The molecule has 5 N–H and O–H groups in total. The molecular formula is C41H48N8O9. The van der Waals surface area contributed by atoms with Crippen LogP contribution < -0.4 is 40.5 Å². The molecule has 1 saturated carbocycles. The Morgan fingerprint density at radius 1 is 0.948 bits per heavy atom. The van der Waals surface area contributed by atoms with Gasteiger partial charge in [-0.25, -0.2) is 4.98 Å². The second-order valence-corrected chi connectivity index (χ2v) is 14.9. The van der Waals surface area contributed by atoms with Gasteiger partial charge in [0.15, 0.2) is 18.7 Å². The van der Waals surface area contributed by atoms with Crippen molar-refractivity contribution >= 4 is 58.5 Å². The van der Waals surface area contributed by atoms with Crippen molar-refractivity contribution in [1.82, 2.24) is 25.8 Å². The lowest BCUT2D eigenvalue weighted by Crippen LogP contribution is -2.54. The maximum atomic E-state index is 13.1. The fourth-order valence-corrected chi connectivity index (χ4v) is 8.16. The fraction of sp³-hybridized carbons (Fsp3) is 0.439. The quantitative estimate of drug-likeness (QED) is 0.118. The van der Waals surface area contributed by atoms with Gasteiger partial charge in [-0.1, -0.05) is 18.9 Å². The number of benzene rings is 2. The average Bonchev–Trinajstić information content (AvgIpc) is 3.84. The number of nitrogens with zero attached hydrogens (tertiary/aromatic N) is 4. The maximum Gasteiger partial charge on any atom is 0.257 e. The van der Waals surface area contributed by atoms with E-state index in [9.17, 15) is 33.9 Å². The molecule has 306 valence electrons. The molecule has 1 aliphatic carbocycles. The van der Waals surface area contributed by atoms with Crippen LogP contribution in [0.3, 0.4) is 0 Å². The number of fused-ring (bicyclic) bond motifs is 2. The van der Waals surface area contributed by atoms with Gasteiger partial charge in [-0.05, 0) is 81.5 Å². The van der Waals surface area contributed by atoms with E-state index in [1.54, 1.807) is 36.2 Å². The number of piperidine rings is 1. The highest BCUT2D eigenvalue weighted by Crippen LogP contribution is 2.42. The Morgan fingerprint density at radius 2 is 1.71 bits per heavy atom. The second-order valence-electron chi connectivity index (χ2n) is 14.9. The summed E-state index contributed by atoms with van der Waals surface area (Å²) in [5.41, 5.74) is 2.12. The molecule has 58 heavy (non-hydrogen) atoms. The lowest BCUT2D eigenvalue weighted by atomic mass is 10.0. The number of amides is 6. The van der Waals surface area contributed by atoms with Gasteiger partial charge in [0.1, 0.15) is 29.4 Å². The first-order valence-corrected chi connectivity index (χ1v) is 19.6. The average molecular weight is 797 g/mol. The van der Waals surface area contributed by atoms with Crippen molar-refractivity contribution < 1.29 is 43.3 Å². The van der Waals surface area contributed by atoms with Crippen molar-refractivity contribution in [2.45, 2.75) is 82.6 Å². The molecule has 4 aliphatic rings. The van der Waals surface area contributed by atoms with Crippen molar-refractivity contribution in [2.24, 2.45) is 0 Å². The first-order valence-electron chi connectivity index (χ1n) is 19.6. The number of rotatable bonds is 14. The van der Waals surface area contributed by atoms with Crippen molar-refractivity contribution in [1.29, 1.82) is 0 Å². The highest BCUT2D eigenvalue weighted by Gasteiger charge is 2.46. The number of unbranched alkanes of at least 4 members (excludes halogenated alkanes) is 1. The molecule has 0 radical (unpaired) electrons. The summed E-state index contributed by atoms with van der Waals surface area (Å²) in [6, 6.07) is 12.4. The summed E-state index contributed by atoms with van der Waals surface area (Å²) in [6.45, 7) is 2.25. The van der Waals surface area contributed by atoms with Crippen LogP contribution in [0, 0.1) is 0 Å². The Kier molecular flexibility index (Phi) is 11.8. The van der Waals surface area contributed by atoms with Crippen LogP contribution in [0.1, 0.15) is 90.8 Å². The summed E-state index contributed by atoms with van der Waals surface area (Å²) in [6.07, 6.45) is 4.11. The lowest BCUT2D eigenvalue weighted by molar-refractivity contribution is -0.139. The lowest BCUT2D eigenvalue weighted by Gasteiger charge is -2.42. The number of methoxy groups -OCH3 is 1. The van der Waals surface area contributed by atoms with Crippen LogP contribution in [-0.2, 0) is 19.2 Å². The predicted molar refractivity (Wildman–Crippen MR) is 212 cm³/mol. The van der Waals surface area contributed by atoms with Crippen LogP contribution >= 0.6 is 0 Å². The predicted octanol–water partition coefficient (Wildman–Crippen LogP) is 2.90. The van der Waals surface area contributed by atoms with E-state index in [2.05, 4.69) is 26.2 Å². The number of aliphatic hydroxyl groups is 1. The van der Waals surface area contributed by atoms with Gasteiger partial charge in [-0.2, -0.15) is 0 Å². The molecule has 1 aromatic heterocycles. The molecule has 2 unspecified atom stereocenters. The Labute approximate surface area is 335 Å². The van der Waals surface area contributed by atoms with E-state index >= 15 is 0 Å². The molecule has 2 fully saturated rings. The monoisotopic (exact) mass is 796 g/mol. The number of pyridine rings is 1. The number of aromatic nitrogens is 1. The van der Waals surface area contributed by atoms with Gasteiger partial charge in [0.25, 0.3) is 17.7 Å². The molecule has 3 aromatic rings. The summed E-state index contributed by atoms with van der Waals surface area (Å²) in [5, 5.41) is 22.2. The Morgan fingerprint density at radius 3 is 2.45 bits per heavy atom. The van der Waals surface area contributed by atoms with E-state index in [1.165, 1.54) is 19.2 Å². The number of carbonyl (C=O) groups is 6. The number of hydrogen-bond donors (Lipinski definition) is 5. The van der Waals surface area contributed by atoms with E-state index in [4.69, 9.17) is 14.5 Å². The molecule has 0 bridgehead atoms. The second kappa shape index (κ2) is 17.1. The van der Waals surface area contributed by atoms with E-state index in [0.717, 1.165) is 42.1 Å². The smallest absolute Gasteiger partial charge is 0.257 e. The largest absolute Gasteiger partial charge is 0.495 e. The zero-order chi connectivity index (χ0) is 41.1. The number of aliphatic hydroxyl groups excluding tert-OH is 1. The van der Waals surface area contributed by atoms with Gasteiger partial charge in [-0.15, -0.1) is 0 Å². The third kappa shape index (κ3) is 7.98. The number of carbonyl (C=O) groups excluding carboxylic acids is 6. The molecule has 3 atom stereocenters. The fourth-order valence-electron chi connectivity index (χ4n) is 8.16. The van der Waals surface area contributed by atoms with Crippen LogP contribution in [-0.4, -0.2) is 102 Å². The molecule has 6 amide bonds. The molecule has 4 heterocycles. The number of imide groups is 1. The van der Waals surface area contributed by atoms with Crippen molar-refractivity contribution in [3.8, 4) is 11.5 Å². The van der Waals surface area contributed by atoms with Crippen molar-refractivity contribution in [3.63, 3.8) is 0 Å². The van der Waals surface area contributed by atoms with Crippen LogP contribution in [0.5, 0.6) is 11.5 Å². The van der Waals surface area contributed by atoms with E-state index in [1.807, 2.05) is 19.1 Å². The molecule has 2 aromatic carbocycles. The maximum absolute atomic E-state index is 13.1. The summed E-state index contributed by atoms with van der Waals surface area (Å²) in [5.74, 6) is -0.373. The minimum Gasteiger partial charge on any atom is -0.495 e. The molecule has 17 nitrogen and oxygen atoms in total. The molecular weight excluding hydrogens is 748 g/mol. The first-order chi connectivity index (χ1) is 28.0. The van der Waals surface area contributed by atoms with E-state index in [0.29, 0.717) is 48.7 Å². The highest BCUT2D eigenvalue weighted by molar-refractivity contribution is 6.06. The molecule has 0 spiro atoms. The number of hydrogen-bond acceptors (Lipinski definition) is 12. The zero-order valence-electron chi connectivity index (χ0n) is 32.7. The summed E-state index contributed by atoms with van der Waals surface area (Å²) < 4.78 is 11.3. The molecule has 7 rings (SSSR count). The van der Waals surface area contributed by atoms with Crippen molar-refractivity contribution in [3.05, 3.63) is 65.2 Å². The summed E-state index contributed by atoms with van der Waals surface area (Å²) in [4.78, 5) is 85.6. The number of nitrogens with one attached hydrogen (secondary N) is 4. The zero-order valence-corrected chi connectivity index (χ0v) is 32.7. The van der Waals surface area contributed by atoms with Gasteiger partial charge >= 0.3 is 0 Å². The first kappa shape index (κ1) is 40.0. The van der Waals surface area contributed by atoms with Gasteiger partial charge in [0.2, 0.25) is 17.7 Å². The third-order valence-corrected chi connectivity index (χ3v) is 11.2. The minimum absolute atomic E-state index is 0.0415. The van der Waals surface area contributed by atoms with Gasteiger partial charge < -0.3 is 40.3 Å². The summed E-state index contributed by atoms with van der Waals surface area (Å²) in [7, 11) is 3.31. The number of anilines is 4. The van der Waals surface area contributed by atoms with Gasteiger partial charge in [0, 0.05) is 38.2 Å². The Hall–Kier alpha value is -6.23. The Balaban J connectivity index is 0.864. The van der Waals surface area contributed by atoms with E-state index < -0.39 is 35.9 Å². The molecule has 17 heteroatoms. The van der Waals surface area contributed by atoms with Crippen LogP contribution in [0.15, 0.2) is 48.5 Å². The van der Waals surface area contributed by atoms with Crippen LogP contribution in [0.2, 0.25) is 0 Å². The minimum atomic E-state index is -1.48. The highest BCUT2D eigenvalue weighted by atomic mass is 16.5. The molecule has 1 saturated heterocycles. The van der Waals surface area contributed by atoms with Gasteiger partial charge in [0.05, 0.1) is 29.6 Å². The SMILES string of the molecule is COc1cc(C(=O)NCCCCNC(=O)COc2cccc3c2C(O)N(C2CCC(=O)NC2=O)C3=O)ccc1Nc1ccc2c(n1)N(C1CCCC1)[C@H](C)C(=O)N2C. The normalized spacial score (nSPS) is 20.4. The van der Waals surface area contributed by atoms with Gasteiger partial charge in [-0.3, -0.25) is 39.0 Å². The molecule has 3 aliphatic heterocycles. The van der Waals surface area contributed by atoms with Crippen LogP contribution in [0.25, 0.3) is 0 Å². The Bertz CT molecular complexity index is 2120. The summed E-state index contributed by atoms with van der Waals surface area (Å²) >= 11 is 0.